The summed E-state index contributed by atoms with van der Waals surface area (Å²) >= 11 is 0. The molecule has 2 heterocycles. The van der Waals surface area contributed by atoms with Crippen LogP contribution in [0.3, 0.4) is 0 Å². The molecular weight excluding hydrogens is 254 g/mol. The van der Waals surface area contributed by atoms with Crippen molar-refractivity contribution >= 4 is 23.8 Å². The first-order valence-electron chi connectivity index (χ1n) is 6.17. The number of nitrogens with one attached hydrogen (secondary N) is 2. The zero-order chi connectivity index (χ0) is 13.8. The molecule has 1 unspecified atom stereocenters. The summed E-state index contributed by atoms with van der Waals surface area (Å²) in [5.74, 6) is -1.08. The van der Waals surface area contributed by atoms with E-state index in [0.29, 0.717) is 30.9 Å². The molecular formula is C11H15N3O5. The Kier molecular flexibility index (Phi) is 3.98. The van der Waals surface area contributed by atoms with E-state index in [1.807, 2.05) is 0 Å². The quantitative estimate of drug-likeness (QED) is 0.654. The van der Waals surface area contributed by atoms with Gasteiger partial charge < -0.3 is 15.5 Å². The first kappa shape index (κ1) is 13.3. The highest BCUT2D eigenvalue weighted by molar-refractivity contribution is 6.01. The van der Waals surface area contributed by atoms with E-state index in [4.69, 9.17) is 0 Å². The van der Waals surface area contributed by atoms with Crippen LogP contribution >= 0.6 is 0 Å². The fourth-order valence-electron chi connectivity index (χ4n) is 2.00. The van der Waals surface area contributed by atoms with Gasteiger partial charge in [-0.05, 0) is 12.8 Å². The van der Waals surface area contributed by atoms with Crippen molar-refractivity contribution in [3.05, 3.63) is 0 Å². The Morgan fingerprint density at radius 3 is 2.53 bits per heavy atom. The van der Waals surface area contributed by atoms with Crippen molar-refractivity contribution in [2.75, 3.05) is 6.54 Å². The van der Waals surface area contributed by atoms with Crippen LogP contribution in [0.5, 0.6) is 0 Å². The van der Waals surface area contributed by atoms with Gasteiger partial charge in [0.1, 0.15) is 0 Å². The van der Waals surface area contributed by atoms with Crippen LogP contribution in [-0.4, -0.2) is 41.5 Å². The summed E-state index contributed by atoms with van der Waals surface area (Å²) in [6.07, 6.45) is 0.697. The second-order valence-corrected chi connectivity index (χ2v) is 4.48. The molecule has 2 saturated heterocycles. The number of amides is 4. The Balaban J connectivity index is 1.82. The van der Waals surface area contributed by atoms with Crippen LogP contribution in [0.1, 0.15) is 32.1 Å². The predicted octanol–water partition coefficient (Wildman–Crippen LogP) is -0.555. The predicted molar refractivity (Wildman–Crippen MR) is 61.4 cm³/mol. The number of hydrogen-bond acceptors (Lipinski definition) is 5. The van der Waals surface area contributed by atoms with Crippen molar-refractivity contribution < 1.29 is 24.0 Å². The molecule has 0 aliphatic carbocycles. The van der Waals surface area contributed by atoms with Crippen LogP contribution in [0, 0.1) is 0 Å². The van der Waals surface area contributed by atoms with Gasteiger partial charge in [0.25, 0.3) is 11.8 Å². The van der Waals surface area contributed by atoms with E-state index >= 15 is 0 Å². The molecule has 1 atom stereocenters. The van der Waals surface area contributed by atoms with E-state index < -0.39 is 17.9 Å². The summed E-state index contributed by atoms with van der Waals surface area (Å²) in [5.41, 5.74) is 0. The first-order chi connectivity index (χ1) is 9.06. The minimum Gasteiger partial charge on any atom is -0.356 e. The lowest BCUT2D eigenvalue weighted by molar-refractivity contribution is -0.171. The van der Waals surface area contributed by atoms with Crippen molar-refractivity contribution in [1.82, 2.24) is 15.7 Å². The minimum absolute atomic E-state index is 0.0532. The van der Waals surface area contributed by atoms with Crippen molar-refractivity contribution in [3.8, 4) is 0 Å². The molecule has 0 aromatic carbocycles. The Morgan fingerprint density at radius 1 is 1.16 bits per heavy atom. The molecule has 4 amide bonds. The summed E-state index contributed by atoms with van der Waals surface area (Å²) in [5, 5.41) is 5.73. The molecule has 2 rings (SSSR count). The Labute approximate surface area is 109 Å². The maximum absolute atomic E-state index is 11.6. The van der Waals surface area contributed by atoms with Crippen molar-refractivity contribution in [2.24, 2.45) is 0 Å². The molecule has 2 fully saturated rings. The number of carbonyl (C=O) groups is 4. The van der Waals surface area contributed by atoms with Gasteiger partial charge >= 0.3 is 6.09 Å². The van der Waals surface area contributed by atoms with Crippen LogP contribution < -0.4 is 10.6 Å². The number of nitrogens with zero attached hydrogens (tertiary/aromatic N) is 1. The van der Waals surface area contributed by atoms with E-state index in [1.54, 1.807) is 0 Å². The highest BCUT2D eigenvalue weighted by Gasteiger charge is 2.33. The fraction of sp³-hybridized carbons (Fsp3) is 0.636. The zero-order valence-electron chi connectivity index (χ0n) is 10.3. The van der Waals surface area contributed by atoms with Gasteiger partial charge in [-0.15, -0.1) is 5.06 Å². The highest BCUT2D eigenvalue weighted by Crippen LogP contribution is 2.12. The average molecular weight is 269 g/mol. The largest absolute Gasteiger partial charge is 0.432 e. The third-order valence-corrected chi connectivity index (χ3v) is 3.04. The second-order valence-electron chi connectivity index (χ2n) is 4.48. The molecule has 19 heavy (non-hydrogen) atoms. The van der Waals surface area contributed by atoms with Gasteiger partial charge in [0.15, 0.2) is 0 Å². The normalized spacial score (nSPS) is 23.9. The molecule has 104 valence electrons. The number of carbonyl (C=O) groups excluding carboxylic acids is 4. The summed E-state index contributed by atoms with van der Waals surface area (Å²) in [6.45, 7) is 0.478. The van der Waals surface area contributed by atoms with E-state index in [9.17, 15) is 19.2 Å². The molecule has 2 N–H and O–H groups in total. The van der Waals surface area contributed by atoms with Crippen molar-refractivity contribution in [2.45, 2.75) is 38.1 Å². The van der Waals surface area contributed by atoms with E-state index in [0.717, 1.165) is 0 Å². The van der Waals surface area contributed by atoms with Gasteiger partial charge in [-0.25, -0.2) is 4.79 Å². The Morgan fingerprint density at radius 2 is 1.84 bits per heavy atom. The Hall–Kier alpha value is -2.12. The summed E-state index contributed by atoms with van der Waals surface area (Å²) in [6, 6.07) is -0.209. The number of rotatable bonds is 2. The molecule has 0 spiro atoms. The first-order valence-corrected chi connectivity index (χ1v) is 6.17. The van der Waals surface area contributed by atoms with Crippen LogP contribution in [0.4, 0.5) is 4.79 Å². The molecule has 8 nitrogen and oxygen atoms in total. The van der Waals surface area contributed by atoms with E-state index in [2.05, 4.69) is 15.5 Å². The molecule has 8 heteroatoms. The lowest BCUT2D eigenvalue weighted by Crippen LogP contribution is -2.41. The smallest absolute Gasteiger partial charge is 0.356 e. The van der Waals surface area contributed by atoms with Crippen LogP contribution in [-0.2, 0) is 19.2 Å². The lowest BCUT2D eigenvalue weighted by Gasteiger charge is -2.17. The van der Waals surface area contributed by atoms with Gasteiger partial charge in [0, 0.05) is 31.8 Å². The van der Waals surface area contributed by atoms with Crippen molar-refractivity contribution in [3.63, 3.8) is 0 Å². The SMILES string of the molecule is O=C1CCC(NC(=O)ON2C(=O)CCC2=O)CCN1. The topological polar surface area (TPSA) is 105 Å². The third kappa shape index (κ3) is 3.43. The van der Waals surface area contributed by atoms with Gasteiger partial charge in [-0.1, -0.05) is 0 Å². The zero-order valence-corrected chi connectivity index (χ0v) is 10.3. The van der Waals surface area contributed by atoms with Gasteiger partial charge in [0.2, 0.25) is 5.91 Å². The molecule has 0 radical (unpaired) electrons. The molecule has 0 aromatic heterocycles. The lowest BCUT2D eigenvalue weighted by atomic mass is 10.1. The number of imide groups is 1. The Bertz CT molecular complexity index is 407. The van der Waals surface area contributed by atoms with E-state index in [1.165, 1.54) is 0 Å². The molecule has 2 aliphatic heterocycles. The van der Waals surface area contributed by atoms with Gasteiger partial charge in [-0.3, -0.25) is 14.4 Å². The fourth-order valence-corrected chi connectivity index (χ4v) is 2.00. The number of hydroxylamine groups is 2. The number of hydrogen-bond donors (Lipinski definition) is 2. The monoisotopic (exact) mass is 269 g/mol. The summed E-state index contributed by atoms with van der Waals surface area (Å²) in [7, 11) is 0. The van der Waals surface area contributed by atoms with Crippen LogP contribution in [0.2, 0.25) is 0 Å². The van der Waals surface area contributed by atoms with E-state index in [-0.39, 0.29) is 24.8 Å². The third-order valence-electron chi connectivity index (χ3n) is 3.04. The molecule has 0 aromatic rings. The van der Waals surface area contributed by atoms with Gasteiger partial charge in [-0.2, -0.15) is 0 Å². The minimum atomic E-state index is -0.844. The van der Waals surface area contributed by atoms with Crippen LogP contribution in [0.15, 0.2) is 0 Å². The average Bonchev–Trinajstić information content (AvgIpc) is 2.57. The maximum atomic E-state index is 11.6. The molecule has 0 saturated carbocycles. The summed E-state index contributed by atoms with van der Waals surface area (Å²) in [4.78, 5) is 49.9. The van der Waals surface area contributed by atoms with Crippen molar-refractivity contribution in [1.29, 1.82) is 0 Å². The summed E-state index contributed by atoms with van der Waals surface area (Å²) < 4.78 is 0. The molecule has 0 bridgehead atoms. The second kappa shape index (κ2) is 5.68. The highest BCUT2D eigenvalue weighted by atomic mass is 16.7. The molecule has 2 aliphatic rings. The van der Waals surface area contributed by atoms with Crippen LogP contribution in [0.25, 0.3) is 0 Å². The van der Waals surface area contributed by atoms with Gasteiger partial charge in [0.05, 0.1) is 0 Å². The standard InChI is InChI=1S/C11H15N3O5/c15-8-2-1-7(5-6-12-8)13-11(18)19-14-9(16)3-4-10(14)17/h7H,1-6H2,(H,12,15)(H,13,18). The maximum Gasteiger partial charge on any atom is 0.432 e.